The Bertz CT molecular complexity index is 355. The van der Waals surface area contributed by atoms with Gasteiger partial charge in [0.2, 0.25) is 0 Å². The summed E-state index contributed by atoms with van der Waals surface area (Å²) >= 11 is 0. The zero-order valence-corrected chi connectivity index (χ0v) is 8.56. The summed E-state index contributed by atoms with van der Waals surface area (Å²) in [6.45, 7) is 0. The fraction of sp³-hybridized carbons (Fsp3) is 0.444. The van der Waals surface area contributed by atoms with Crippen molar-refractivity contribution in [2.24, 2.45) is 0 Å². The Morgan fingerprint density at radius 2 is 2.20 bits per heavy atom. The maximum Gasteiger partial charge on any atom is 1.00 e. The summed E-state index contributed by atoms with van der Waals surface area (Å²) in [5, 5.41) is 13.6. The zero-order chi connectivity index (χ0) is 9.97. The van der Waals surface area contributed by atoms with Gasteiger partial charge < -0.3 is 15.2 Å². The minimum absolute atomic E-state index is 0. The summed E-state index contributed by atoms with van der Waals surface area (Å²) in [7, 11) is 0. The van der Waals surface area contributed by atoms with Crippen molar-refractivity contribution >= 4 is 11.8 Å². The Morgan fingerprint density at radius 1 is 1.47 bits per heavy atom. The molecule has 5 nitrogen and oxygen atoms in total. The van der Waals surface area contributed by atoms with E-state index in [-0.39, 0.29) is 24.6 Å². The predicted molar refractivity (Wildman–Crippen MR) is 47.6 cm³/mol. The first kappa shape index (κ1) is 12.0. The van der Waals surface area contributed by atoms with Gasteiger partial charge in [0.05, 0.1) is 11.7 Å². The summed E-state index contributed by atoms with van der Waals surface area (Å²) in [6.07, 6.45) is 4.68. The van der Waals surface area contributed by atoms with E-state index < -0.39 is 5.97 Å². The van der Waals surface area contributed by atoms with Crippen molar-refractivity contribution in [2.45, 2.75) is 25.3 Å². The zero-order valence-electron chi connectivity index (χ0n) is 8.56. The maximum absolute atomic E-state index is 10.5. The second-order valence-corrected chi connectivity index (χ2v) is 3.35. The number of rotatable bonds is 3. The number of nitrogens with zero attached hydrogens (tertiary/aromatic N) is 2. The largest absolute Gasteiger partial charge is 1.00 e. The van der Waals surface area contributed by atoms with Gasteiger partial charge in [-0.25, -0.2) is 9.97 Å². The molecule has 74 valence electrons. The third-order valence-corrected chi connectivity index (χ3v) is 2.33. The van der Waals surface area contributed by atoms with Crippen molar-refractivity contribution in [2.75, 3.05) is 5.32 Å². The minimum atomic E-state index is -1.27. The van der Waals surface area contributed by atoms with E-state index >= 15 is 0 Å². The third-order valence-electron chi connectivity index (χ3n) is 2.33. The molecule has 0 unspecified atom stereocenters. The molecule has 0 aliphatic heterocycles. The monoisotopic (exact) mass is 199 g/mol. The van der Waals surface area contributed by atoms with E-state index in [0.29, 0.717) is 11.9 Å². The van der Waals surface area contributed by atoms with Gasteiger partial charge in [0.15, 0.2) is 0 Å². The molecule has 15 heavy (non-hydrogen) atoms. The first-order chi connectivity index (χ1) is 6.75. The molecular weight excluding hydrogens is 189 g/mol. The molecule has 6 heteroatoms. The Hall–Kier alpha value is -1.05. The van der Waals surface area contributed by atoms with E-state index in [1.165, 1.54) is 18.8 Å². The van der Waals surface area contributed by atoms with Crippen LogP contribution < -0.4 is 29.3 Å². The number of hydrogen-bond acceptors (Lipinski definition) is 5. The third kappa shape index (κ3) is 2.95. The Labute approximate surface area is 99.5 Å². The molecule has 1 heterocycles. The summed E-state index contributed by atoms with van der Waals surface area (Å²) < 4.78 is 0. The molecule has 1 aliphatic carbocycles. The van der Waals surface area contributed by atoms with E-state index in [9.17, 15) is 9.90 Å². The molecule has 0 atom stereocenters. The standard InChI is InChI=1S/C9H11N3O2.Li/c13-9(14)7-4-8(11-5-10-7)12-6-2-1-3-6;/h4-6H,1-3H2,(H,13,14)(H,10,11,12);/q;+1/p-1. The number of carbonyl (C=O) groups excluding carboxylic acids is 1. The Morgan fingerprint density at radius 3 is 2.73 bits per heavy atom. The van der Waals surface area contributed by atoms with Crippen molar-refractivity contribution in [3.05, 3.63) is 18.1 Å². The van der Waals surface area contributed by atoms with Crippen LogP contribution in [-0.4, -0.2) is 22.0 Å². The van der Waals surface area contributed by atoms with Crippen LogP contribution in [0.1, 0.15) is 29.8 Å². The normalized spacial score (nSPS) is 14.9. The molecule has 0 amide bonds. The van der Waals surface area contributed by atoms with Gasteiger partial charge in [-0.2, -0.15) is 0 Å². The van der Waals surface area contributed by atoms with Gasteiger partial charge in [-0.1, -0.05) is 0 Å². The van der Waals surface area contributed by atoms with Crippen LogP contribution in [0.2, 0.25) is 0 Å². The van der Waals surface area contributed by atoms with Crippen molar-refractivity contribution < 1.29 is 28.8 Å². The Balaban J connectivity index is 0.00000112. The number of aromatic carboxylic acids is 1. The summed E-state index contributed by atoms with van der Waals surface area (Å²) in [6, 6.07) is 1.83. The van der Waals surface area contributed by atoms with Crippen LogP contribution >= 0.6 is 0 Å². The first-order valence-corrected chi connectivity index (χ1v) is 4.55. The van der Waals surface area contributed by atoms with Gasteiger partial charge in [0.25, 0.3) is 0 Å². The number of carboxylic acids is 1. The quantitative estimate of drug-likeness (QED) is 0.519. The second kappa shape index (κ2) is 5.15. The van der Waals surface area contributed by atoms with E-state index in [1.807, 2.05) is 0 Å². The van der Waals surface area contributed by atoms with Crippen LogP contribution in [0.4, 0.5) is 5.82 Å². The average Bonchev–Trinajstić information content (AvgIpc) is 2.12. The smallest absolute Gasteiger partial charge is 0.543 e. The molecule has 0 bridgehead atoms. The maximum atomic E-state index is 10.5. The molecule has 0 aromatic carbocycles. The topological polar surface area (TPSA) is 77.9 Å². The molecule has 1 saturated carbocycles. The second-order valence-electron chi connectivity index (χ2n) is 3.35. The molecule has 1 aromatic heterocycles. The van der Waals surface area contributed by atoms with Crippen molar-refractivity contribution in [1.82, 2.24) is 9.97 Å². The molecular formula is C9H10LiN3O2. The summed E-state index contributed by atoms with van der Waals surface area (Å²) in [5.41, 5.74) is -0.0816. The fourth-order valence-corrected chi connectivity index (χ4v) is 1.31. The van der Waals surface area contributed by atoms with Crippen LogP contribution in [0.3, 0.4) is 0 Å². The summed E-state index contributed by atoms with van der Waals surface area (Å²) in [5.74, 6) is -0.715. The molecule has 1 N–H and O–H groups in total. The molecule has 1 fully saturated rings. The van der Waals surface area contributed by atoms with Crippen molar-refractivity contribution in [3.8, 4) is 0 Å². The molecule has 0 spiro atoms. The number of hydrogen-bond donors (Lipinski definition) is 1. The number of carbonyl (C=O) groups is 1. The number of anilines is 1. The van der Waals surface area contributed by atoms with E-state index in [0.717, 1.165) is 12.8 Å². The van der Waals surface area contributed by atoms with Crippen LogP contribution in [0.5, 0.6) is 0 Å². The fourth-order valence-electron chi connectivity index (χ4n) is 1.31. The van der Waals surface area contributed by atoms with Crippen LogP contribution in [0, 0.1) is 0 Å². The number of carboxylic acid groups (broad SMARTS) is 1. The van der Waals surface area contributed by atoms with Crippen molar-refractivity contribution in [3.63, 3.8) is 0 Å². The number of aromatic nitrogens is 2. The van der Waals surface area contributed by atoms with E-state index in [1.54, 1.807) is 0 Å². The van der Waals surface area contributed by atoms with Gasteiger partial charge in [-0.15, -0.1) is 0 Å². The average molecular weight is 199 g/mol. The van der Waals surface area contributed by atoms with E-state index in [4.69, 9.17) is 0 Å². The molecule has 2 rings (SSSR count). The van der Waals surface area contributed by atoms with Gasteiger partial charge in [-0.3, -0.25) is 0 Å². The van der Waals surface area contributed by atoms with Crippen LogP contribution in [-0.2, 0) is 0 Å². The molecule has 0 radical (unpaired) electrons. The van der Waals surface area contributed by atoms with Gasteiger partial charge in [-0.05, 0) is 19.3 Å². The van der Waals surface area contributed by atoms with Gasteiger partial charge in [0.1, 0.15) is 12.1 Å². The van der Waals surface area contributed by atoms with Crippen LogP contribution in [0.25, 0.3) is 0 Å². The molecule has 1 aromatic rings. The van der Waals surface area contributed by atoms with Gasteiger partial charge in [0, 0.05) is 12.1 Å². The number of nitrogens with one attached hydrogen (secondary N) is 1. The van der Waals surface area contributed by atoms with E-state index in [2.05, 4.69) is 15.3 Å². The van der Waals surface area contributed by atoms with Crippen LogP contribution in [0.15, 0.2) is 12.4 Å². The van der Waals surface area contributed by atoms with Crippen molar-refractivity contribution in [1.29, 1.82) is 0 Å². The molecule has 0 saturated heterocycles. The minimum Gasteiger partial charge on any atom is -0.543 e. The SMILES string of the molecule is O=C([O-])c1cc(NC2CCC2)ncn1.[Li+]. The first-order valence-electron chi connectivity index (χ1n) is 4.55. The predicted octanol–water partition coefficient (Wildman–Crippen LogP) is -3.19. The van der Waals surface area contributed by atoms with Gasteiger partial charge >= 0.3 is 18.9 Å². The molecule has 1 aliphatic rings. The summed E-state index contributed by atoms with van der Waals surface area (Å²) in [4.78, 5) is 18.0. The Kier molecular flexibility index (Phi) is 4.12.